The van der Waals surface area contributed by atoms with Crippen LogP contribution in [0.5, 0.6) is 0 Å². The van der Waals surface area contributed by atoms with E-state index in [-0.39, 0.29) is 11.5 Å². The first kappa shape index (κ1) is 15.0. The summed E-state index contributed by atoms with van der Waals surface area (Å²) in [5.74, 6) is -1.57. The fraction of sp³-hybridized carbons (Fsp3) is 0.267. The molecule has 2 aromatic rings. The van der Waals surface area contributed by atoms with Gasteiger partial charge < -0.3 is 5.32 Å². The van der Waals surface area contributed by atoms with Crippen molar-refractivity contribution in [2.24, 2.45) is 0 Å². The highest BCUT2D eigenvalue weighted by molar-refractivity contribution is 6.04. The highest BCUT2D eigenvalue weighted by Crippen LogP contribution is 2.19. The lowest BCUT2D eigenvalue weighted by Gasteiger charge is -2.10. The lowest BCUT2D eigenvalue weighted by Crippen LogP contribution is -2.17. The first-order chi connectivity index (χ1) is 9.90. The minimum atomic E-state index is -0.833. The van der Waals surface area contributed by atoms with Gasteiger partial charge in [-0.1, -0.05) is 19.9 Å². The second-order valence-corrected chi connectivity index (χ2v) is 4.93. The Bertz CT molecular complexity index is 666. The van der Waals surface area contributed by atoms with Crippen molar-refractivity contribution in [1.29, 1.82) is 0 Å². The van der Waals surface area contributed by atoms with Crippen molar-refractivity contribution in [1.82, 2.24) is 9.97 Å². The number of benzene rings is 1. The first-order valence-electron chi connectivity index (χ1n) is 6.49. The number of halogens is 2. The molecule has 0 aliphatic carbocycles. The van der Waals surface area contributed by atoms with E-state index in [0.717, 1.165) is 12.1 Å². The molecule has 0 saturated carbocycles. The average molecular weight is 291 g/mol. The molecule has 0 unspecified atom stereocenters. The molecular formula is C15H15F2N3O. The predicted molar refractivity (Wildman–Crippen MR) is 75.2 cm³/mol. The Morgan fingerprint density at radius 1 is 1.24 bits per heavy atom. The highest BCUT2D eigenvalue weighted by atomic mass is 19.1. The number of anilines is 1. The lowest BCUT2D eigenvalue weighted by atomic mass is 10.1. The van der Waals surface area contributed by atoms with E-state index >= 15 is 0 Å². The second-order valence-electron chi connectivity index (χ2n) is 4.93. The maximum absolute atomic E-state index is 13.5. The quantitative estimate of drug-likeness (QED) is 0.942. The summed E-state index contributed by atoms with van der Waals surface area (Å²) < 4.78 is 27.0. The smallest absolute Gasteiger partial charge is 0.259 e. The van der Waals surface area contributed by atoms with E-state index in [1.54, 1.807) is 6.92 Å². The molecule has 4 nitrogen and oxygen atoms in total. The van der Waals surface area contributed by atoms with Gasteiger partial charge in [0.2, 0.25) is 0 Å². The van der Waals surface area contributed by atoms with Crippen LogP contribution in [0.3, 0.4) is 0 Å². The fourth-order valence-electron chi connectivity index (χ4n) is 1.78. The molecule has 0 bridgehead atoms. The Morgan fingerprint density at radius 3 is 2.38 bits per heavy atom. The molecule has 21 heavy (non-hydrogen) atoms. The van der Waals surface area contributed by atoms with Crippen molar-refractivity contribution in [3.8, 4) is 0 Å². The molecule has 0 spiro atoms. The van der Waals surface area contributed by atoms with Crippen LogP contribution < -0.4 is 5.32 Å². The van der Waals surface area contributed by atoms with Gasteiger partial charge in [0.15, 0.2) is 0 Å². The zero-order valence-corrected chi connectivity index (χ0v) is 11.9. The third kappa shape index (κ3) is 3.21. The molecule has 0 radical (unpaired) electrons. The van der Waals surface area contributed by atoms with Gasteiger partial charge in [0, 0.05) is 12.1 Å². The molecule has 110 valence electrons. The molecular weight excluding hydrogens is 276 g/mol. The number of hydrogen-bond donors (Lipinski definition) is 1. The van der Waals surface area contributed by atoms with Gasteiger partial charge in [-0.2, -0.15) is 0 Å². The van der Waals surface area contributed by atoms with Crippen molar-refractivity contribution < 1.29 is 13.6 Å². The summed E-state index contributed by atoms with van der Waals surface area (Å²) >= 11 is 0. The zero-order chi connectivity index (χ0) is 15.6. The maximum Gasteiger partial charge on any atom is 0.259 e. The summed E-state index contributed by atoms with van der Waals surface area (Å²) in [6.45, 7) is 5.52. The van der Waals surface area contributed by atoms with Crippen LogP contribution in [0, 0.1) is 18.6 Å². The van der Waals surface area contributed by atoms with Gasteiger partial charge >= 0.3 is 0 Å². The molecule has 0 aliphatic heterocycles. The number of hydrogen-bond acceptors (Lipinski definition) is 3. The summed E-state index contributed by atoms with van der Waals surface area (Å²) in [4.78, 5) is 20.4. The van der Waals surface area contributed by atoms with Crippen LogP contribution in [-0.2, 0) is 0 Å². The molecule has 1 aromatic heterocycles. The van der Waals surface area contributed by atoms with Crippen molar-refractivity contribution in [2.75, 3.05) is 5.32 Å². The molecule has 1 aromatic carbocycles. The summed E-state index contributed by atoms with van der Waals surface area (Å²) in [5, 5.41) is 2.22. The Hall–Kier alpha value is -2.37. The van der Waals surface area contributed by atoms with E-state index in [4.69, 9.17) is 0 Å². The number of para-hydroxylation sites is 1. The van der Waals surface area contributed by atoms with Crippen molar-refractivity contribution >= 4 is 11.6 Å². The van der Waals surface area contributed by atoms with E-state index in [0.29, 0.717) is 11.5 Å². The topological polar surface area (TPSA) is 54.9 Å². The van der Waals surface area contributed by atoms with Gasteiger partial charge in [0.25, 0.3) is 5.91 Å². The van der Waals surface area contributed by atoms with Gasteiger partial charge in [-0.15, -0.1) is 0 Å². The Morgan fingerprint density at radius 2 is 1.86 bits per heavy atom. The molecule has 6 heteroatoms. The van der Waals surface area contributed by atoms with Crippen LogP contribution >= 0.6 is 0 Å². The molecule has 0 atom stereocenters. The van der Waals surface area contributed by atoms with Crippen molar-refractivity contribution in [2.45, 2.75) is 26.7 Å². The number of nitrogens with zero attached hydrogens (tertiary/aromatic N) is 2. The molecule has 0 fully saturated rings. The minimum absolute atomic E-state index is 0.129. The summed E-state index contributed by atoms with van der Waals surface area (Å²) in [6.07, 6.45) is 1.37. The number of amides is 1. The highest BCUT2D eigenvalue weighted by Gasteiger charge is 2.17. The molecule has 1 amide bonds. The molecule has 0 aliphatic rings. The van der Waals surface area contributed by atoms with Crippen LogP contribution in [0.2, 0.25) is 0 Å². The predicted octanol–water partition coefficient (Wildman–Crippen LogP) is 3.44. The lowest BCUT2D eigenvalue weighted by molar-refractivity contribution is 0.102. The van der Waals surface area contributed by atoms with Crippen LogP contribution in [0.1, 0.15) is 41.6 Å². The number of nitrogens with one attached hydrogen (secondary N) is 1. The van der Waals surface area contributed by atoms with Crippen LogP contribution in [0.25, 0.3) is 0 Å². The fourth-order valence-corrected chi connectivity index (χ4v) is 1.78. The van der Waals surface area contributed by atoms with Gasteiger partial charge in [-0.3, -0.25) is 4.79 Å². The number of aryl methyl sites for hydroxylation is 1. The SMILES string of the molecule is Cc1nc(C(C)C)ncc1C(=O)Nc1c(F)cccc1F. The second kappa shape index (κ2) is 5.95. The molecule has 1 N–H and O–H groups in total. The third-order valence-corrected chi connectivity index (χ3v) is 2.96. The largest absolute Gasteiger partial charge is 0.317 e. The summed E-state index contributed by atoms with van der Waals surface area (Å²) in [6, 6.07) is 3.37. The van der Waals surface area contributed by atoms with Gasteiger partial charge in [0.1, 0.15) is 23.1 Å². The molecule has 1 heterocycles. The van der Waals surface area contributed by atoms with Crippen molar-refractivity contribution in [3.05, 3.63) is 53.1 Å². The number of carbonyl (C=O) groups is 1. The summed E-state index contributed by atoms with van der Waals surface area (Å²) in [7, 11) is 0. The Kier molecular flexibility index (Phi) is 4.26. The normalized spacial score (nSPS) is 10.8. The van der Waals surface area contributed by atoms with Crippen LogP contribution in [0.4, 0.5) is 14.5 Å². The van der Waals surface area contributed by atoms with Gasteiger partial charge in [0.05, 0.1) is 11.3 Å². The van der Waals surface area contributed by atoms with E-state index in [2.05, 4.69) is 15.3 Å². The van der Waals surface area contributed by atoms with Crippen molar-refractivity contribution in [3.63, 3.8) is 0 Å². The Labute approximate surface area is 121 Å². The Balaban J connectivity index is 2.29. The first-order valence-corrected chi connectivity index (χ1v) is 6.49. The average Bonchev–Trinajstić information content (AvgIpc) is 2.42. The number of carbonyl (C=O) groups excluding carboxylic acids is 1. The minimum Gasteiger partial charge on any atom is -0.317 e. The third-order valence-electron chi connectivity index (χ3n) is 2.96. The van der Waals surface area contributed by atoms with E-state index < -0.39 is 23.2 Å². The van der Waals surface area contributed by atoms with Gasteiger partial charge in [-0.05, 0) is 19.1 Å². The van der Waals surface area contributed by atoms with Gasteiger partial charge in [-0.25, -0.2) is 18.7 Å². The van der Waals surface area contributed by atoms with Crippen LogP contribution in [0.15, 0.2) is 24.4 Å². The number of rotatable bonds is 3. The van der Waals surface area contributed by atoms with E-state index in [9.17, 15) is 13.6 Å². The maximum atomic E-state index is 13.5. The number of aromatic nitrogens is 2. The summed E-state index contributed by atoms with van der Waals surface area (Å²) in [5.41, 5.74) is 0.167. The van der Waals surface area contributed by atoms with E-state index in [1.165, 1.54) is 12.3 Å². The standard InChI is InChI=1S/C15H15F2N3O/c1-8(2)14-18-7-10(9(3)19-14)15(21)20-13-11(16)5-4-6-12(13)17/h4-8H,1-3H3,(H,20,21). The zero-order valence-electron chi connectivity index (χ0n) is 11.9. The van der Waals surface area contributed by atoms with E-state index in [1.807, 2.05) is 13.8 Å². The molecule has 0 saturated heterocycles. The molecule has 2 rings (SSSR count). The monoisotopic (exact) mass is 291 g/mol. The van der Waals surface area contributed by atoms with Crippen LogP contribution in [-0.4, -0.2) is 15.9 Å².